The van der Waals surface area contributed by atoms with Crippen molar-refractivity contribution >= 4 is 23.3 Å². The summed E-state index contributed by atoms with van der Waals surface area (Å²) >= 11 is 6.12. The minimum absolute atomic E-state index is 0.146. The van der Waals surface area contributed by atoms with Crippen LogP contribution in [0, 0.1) is 0 Å². The fraction of sp³-hybridized carbons (Fsp3) is 0.450. The maximum Gasteiger partial charge on any atom is 0.330 e. The van der Waals surface area contributed by atoms with E-state index in [1.165, 1.54) is 0 Å². The Balaban J connectivity index is 0.00000176. The number of aliphatic hydroxyl groups excluding tert-OH is 1. The predicted molar refractivity (Wildman–Crippen MR) is 108 cm³/mol. The van der Waals surface area contributed by atoms with Crippen molar-refractivity contribution in [2.24, 2.45) is 0 Å². The van der Waals surface area contributed by atoms with Crippen LogP contribution in [-0.2, 0) is 20.8 Å². The third-order valence-corrected chi connectivity index (χ3v) is 4.10. The van der Waals surface area contributed by atoms with Crippen LogP contribution >= 0.6 is 11.6 Å². The number of benzene rings is 1. The summed E-state index contributed by atoms with van der Waals surface area (Å²) in [6.07, 6.45) is 4.60. The zero-order valence-corrected chi connectivity index (χ0v) is 16.9. The maximum absolute atomic E-state index is 12.0. The van der Waals surface area contributed by atoms with E-state index in [1.54, 1.807) is 13.1 Å². The summed E-state index contributed by atoms with van der Waals surface area (Å²) in [7, 11) is 1.00. The molecule has 1 heterocycles. The van der Waals surface area contributed by atoms with Gasteiger partial charge in [-0.25, -0.2) is 4.79 Å². The van der Waals surface area contributed by atoms with Crippen LogP contribution in [0.3, 0.4) is 0 Å². The zero-order valence-electron chi connectivity index (χ0n) is 16.1. The summed E-state index contributed by atoms with van der Waals surface area (Å²) in [5, 5.41) is 14.0. The molecule has 0 aliphatic carbocycles. The molecule has 6 nitrogen and oxygen atoms in total. The van der Waals surface area contributed by atoms with Gasteiger partial charge in [0.25, 0.3) is 0 Å². The average Bonchev–Trinajstić information content (AvgIpc) is 3.15. The molecule has 0 fully saturated rings. The molecule has 1 aliphatic heterocycles. The molecule has 1 aromatic carbocycles. The standard InChI is InChI=1S/C19H25ClN2O3.CH4O/c1-4-10-25-13(3)16-11-15(20)7-6-14(16)12-22-17-8-9-21-18(17)19(23)24-5-2;1-2/h6-9,11,17-18,21-22H,3-5,10,12H2,1-2H3;2H,1H3. The number of hydrogen-bond donors (Lipinski definition) is 3. The van der Waals surface area contributed by atoms with Crippen molar-refractivity contribution < 1.29 is 19.4 Å². The molecule has 0 spiro atoms. The third-order valence-electron chi connectivity index (χ3n) is 3.86. The van der Waals surface area contributed by atoms with E-state index >= 15 is 0 Å². The first kappa shape index (κ1) is 23.0. The molecule has 1 aliphatic rings. The number of carbonyl (C=O) groups is 1. The van der Waals surface area contributed by atoms with E-state index in [4.69, 9.17) is 26.2 Å². The molecule has 0 saturated carbocycles. The molecule has 27 heavy (non-hydrogen) atoms. The monoisotopic (exact) mass is 396 g/mol. The number of nitrogens with one attached hydrogen (secondary N) is 2. The van der Waals surface area contributed by atoms with Crippen molar-refractivity contribution in [1.29, 1.82) is 0 Å². The van der Waals surface area contributed by atoms with Crippen molar-refractivity contribution in [2.45, 2.75) is 38.9 Å². The van der Waals surface area contributed by atoms with E-state index < -0.39 is 6.04 Å². The quantitative estimate of drug-likeness (QED) is 0.440. The highest BCUT2D eigenvalue weighted by molar-refractivity contribution is 6.30. The van der Waals surface area contributed by atoms with Crippen LogP contribution in [0.15, 0.2) is 37.1 Å². The van der Waals surface area contributed by atoms with Gasteiger partial charge in [-0.1, -0.05) is 31.2 Å². The van der Waals surface area contributed by atoms with Gasteiger partial charge in [0.15, 0.2) is 0 Å². The molecule has 0 bridgehead atoms. The Morgan fingerprint density at radius 1 is 1.33 bits per heavy atom. The van der Waals surface area contributed by atoms with Gasteiger partial charge in [-0.2, -0.15) is 0 Å². The summed E-state index contributed by atoms with van der Waals surface area (Å²) in [6, 6.07) is 5.06. The molecule has 0 amide bonds. The van der Waals surface area contributed by atoms with Crippen molar-refractivity contribution in [3.05, 3.63) is 53.2 Å². The summed E-state index contributed by atoms with van der Waals surface area (Å²) < 4.78 is 10.8. The fourth-order valence-corrected chi connectivity index (χ4v) is 2.78. The Labute approximate surface area is 166 Å². The smallest absolute Gasteiger partial charge is 0.330 e. The summed E-state index contributed by atoms with van der Waals surface area (Å²) in [4.78, 5) is 12.0. The normalized spacial score (nSPS) is 17.5. The first-order chi connectivity index (χ1) is 13.1. The van der Waals surface area contributed by atoms with Gasteiger partial charge in [-0.15, -0.1) is 0 Å². The van der Waals surface area contributed by atoms with Gasteiger partial charge < -0.3 is 25.2 Å². The van der Waals surface area contributed by atoms with Crippen LogP contribution in [0.5, 0.6) is 0 Å². The second-order valence-corrected chi connectivity index (χ2v) is 6.17. The lowest BCUT2D eigenvalue weighted by molar-refractivity contribution is -0.145. The van der Waals surface area contributed by atoms with Crippen LogP contribution in [0.4, 0.5) is 0 Å². The molecule has 7 heteroatoms. The Morgan fingerprint density at radius 2 is 2.07 bits per heavy atom. The summed E-state index contributed by atoms with van der Waals surface area (Å²) in [5.74, 6) is 0.334. The highest BCUT2D eigenvalue weighted by atomic mass is 35.5. The van der Waals surface area contributed by atoms with Gasteiger partial charge in [0.2, 0.25) is 0 Å². The minimum Gasteiger partial charge on any atom is -0.494 e. The maximum atomic E-state index is 12.0. The van der Waals surface area contributed by atoms with E-state index in [9.17, 15) is 4.79 Å². The molecule has 2 unspecified atom stereocenters. The topological polar surface area (TPSA) is 79.8 Å². The third kappa shape index (κ3) is 6.90. The van der Waals surface area contributed by atoms with Gasteiger partial charge in [-0.05, 0) is 43.3 Å². The van der Waals surface area contributed by atoms with Gasteiger partial charge >= 0.3 is 5.97 Å². The number of aliphatic hydroxyl groups is 1. The van der Waals surface area contributed by atoms with Gasteiger partial charge in [0.05, 0.1) is 19.3 Å². The lowest BCUT2D eigenvalue weighted by atomic mass is 10.0. The first-order valence-electron chi connectivity index (χ1n) is 8.94. The van der Waals surface area contributed by atoms with E-state index in [1.807, 2.05) is 31.2 Å². The van der Waals surface area contributed by atoms with E-state index in [0.717, 1.165) is 24.7 Å². The Bertz CT molecular complexity index is 649. The lowest BCUT2D eigenvalue weighted by Crippen LogP contribution is -2.46. The Kier molecular flexibility index (Phi) is 10.6. The van der Waals surface area contributed by atoms with Crippen LogP contribution < -0.4 is 10.6 Å². The minimum atomic E-state index is -0.421. The molecule has 0 aromatic heterocycles. The molecule has 3 N–H and O–H groups in total. The predicted octanol–water partition coefficient (Wildman–Crippen LogP) is 2.85. The number of rotatable bonds is 9. The molecule has 0 saturated heterocycles. The highest BCUT2D eigenvalue weighted by Gasteiger charge is 2.30. The molecule has 2 rings (SSSR count). The molecule has 1 aromatic rings. The van der Waals surface area contributed by atoms with Crippen LogP contribution in [0.25, 0.3) is 5.76 Å². The summed E-state index contributed by atoms with van der Waals surface area (Å²) in [6.45, 7) is 9.36. The number of ether oxygens (including phenoxy) is 2. The average molecular weight is 397 g/mol. The van der Waals surface area contributed by atoms with Crippen LogP contribution in [0.2, 0.25) is 5.02 Å². The van der Waals surface area contributed by atoms with Crippen molar-refractivity contribution in [3.63, 3.8) is 0 Å². The zero-order chi connectivity index (χ0) is 20.2. The van der Waals surface area contributed by atoms with Crippen molar-refractivity contribution in [3.8, 4) is 0 Å². The van der Waals surface area contributed by atoms with Gasteiger partial charge in [-0.3, -0.25) is 0 Å². The fourth-order valence-electron chi connectivity index (χ4n) is 2.60. The van der Waals surface area contributed by atoms with E-state index in [2.05, 4.69) is 17.2 Å². The number of hydrogen-bond acceptors (Lipinski definition) is 6. The van der Waals surface area contributed by atoms with Crippen molar-refractivity contribution in [1.82, 2.24) is 10.6 Å². The second kappa shape index (κ2) is 12.4. The highest BCUT2D eigenvalue weighted by Crippen LogP contribution is 2.24. The number of halogens is 1. The Hall–Kier alpha value is -2.02. The van der Waals surface area contributed by atoms with E-state index in [-0.39, 0.29) is 12.0 Å². The first-order valence-corrected chi connectivity index (χ1v) is 9.32. The molecular formula is C20H29ClN2O4. The number of esters is 1. The van der Waals surface area contributed by atoms with Crippen LogP contribution in [-0.4, -0.2) is 43.5 Å². The van der Waals surface area contributed by atoms with Gasteiger partial charge in [0, 0.05) is 24.2 Å². The molecule has 0 radical (unpaired) electrons. The molecule has 150 valence electrons. The second-order valence-electron chi connectivity index (χ2n) is 5.74. The lowest BCUT2D eigenvalue weighted by Gasteiger charge is -2.21. The largest absolute Gasteiger partial charge is 0.494 e. The van der Waals surface area contributed by atoms with Crippen molar-refractivity contribution in [2.75, 3.05) is 20.3 Å². The van der Waals surface area contributed by atoms with Crippen LogP contribution in [0.1, 0.15) is 31.4 Å². The summed E-state index contributed by atoms with van der Waals surface area (Å²) in [5.41, 5.74) is 1.88. The Morgan fingerprint density at radius 3 is 2.74 bits per heavy atom. The number of carbonyl (C=O) groups excluding carboxylic acids is 1. The van der Waals surface area contributed by atoms with Gasteiger partial charge in [0.1, 0.15) is 11.8 Å². The van der Waals surface area contributed by atoms with E-state index in [0.29, 0.717) is 30.5 Å². The SMILES string of the molecule is C=C(OCCC)c1cc(Cl)ccc1CNC1C=CNC1C(=O)OCC.CO. The molecular weight excluding hydrogens is 368 g/mol. The molecule has 2 atom stereocenters.